The van der Waals surface area contributed by atoms with Crippen molar-refractivity contribution in [3.05, 3.63) is 71.3 Å². The van der Waals surface area contributed by atoms with Crippen LogP contribution in [0.3, 0.4) is 0 Å². The first-order valence-corrected chi connectivity index (χ1v) is 12.2. The van der Waals surface area contributed by atoms with Gasteiger partial charge in [0.05, 0.1) is 12.0 Å². The SMILES string of the molecule is CC(C)NC(=O)[C@@H]1CN(Cc2ccccc2)C[C@]12CCc1ccccc1[C@@H]2NC(=O)C(C)C. The third-order valence-corrected chi connectivity index (χ3v) is 7.26. The van der Waals surface area contributed by atoms with Crippen LogP contribution < -0.4 is 10.6 Å². The topological polar surface area (TPSA) is 61.4 Å². The smallest absolute Gasteiger partial charge is 0.225 e. The summed E-state index contributed by atoms with van der Waals surface area (Å²) < 4.78 is 0. The molecular weight excluding hydrogens is 410 g/mol. The molecule has 1 spiro atoms. The van der Waals surface area contributed by atoms with Crippen molar-refractivity contribution in [1.82, 2.24) is 15.5 Å². The number of amides is 2. The maximum atomic E-state index is 13.6. The first-order chi connectivity index (χ1) is 15.8. The Morgan fingerprint density at radius 1 is 1.03 bits per heavy atom. The molecule has 2 amide bonds. The van der Waals surface area contributed by atoms with Gasteiger partial charge in [-0.05, 0) is 43.4 Å². The van der Waals surface area contributed by atoms with E-state index in [1.807, 2.05) is 39.8 Å². The number of nitrogens with one attached hydrogen (secondary N) is 2. The fourth-order valence-electron chi connectivity index (χ4n) is 5.66. The normalized spacial score (nSPS) is 24.8. The molecule has 2 aromatic carbocycles. The lowest BCUT2D eigenvalue weighted by atomic mass is 9.62. The van der Waals surface area contributed by atoms with E-state index in [4.69, 9.17) is 0 Å². The van der Waals surface area contributed by atoms with Gasteiger partial charge >= 0.3 is 0 Å². The van der Waals surface area contributed by atoms with Crippen molar-refractivity contribution >= 4 is 11.8 Å². The Hall–Kier alpha value is -2.66. The number of hydrogen-bond donors (Lipinski definition) is 2. The minimum atomic E-state index is -0.341. The average Bonchev–Trinajstić information content (AvgIpc) is 3.14. The molecule has 0 unspecified atom stereocenters. The number of likely N-dealkylation sites (tertiary alicyclic amines) is 1. The summed E-state index contributed by atoms with van der Waals surface area (Å²) in [4.78, 5) is 28.9. The lowest BCUT2D eigenvalue weighted by molar-refractivity contribution is -0.132. The lowest BCUT2D eigenvalue weighted by Gasteiger charge is -2.46. The highest BCUT2D eigenvalue weighted by atomic mass is 16.2. The largest absolute Gasteiger partial charge is 0.354 e. The molecule has 33 heavy (non-hydrogen) atoms. The molecule has 1 aliphatic carbocycles. The molecule has 1 heterocycles. The summed E-state index contributed by atoms with van der Waals surface area (Å²) in [6, 6.07) is 18.8. The van der Waals surface area contributed by atoms with Gasteiger partial charge in [0.25, 0.3) is 0 Å². The second kappa shape index (κ2) is 9.68. The van der Waals surface area contributed by atoms with E-state index in [2.05, 4.69) is 58.0 Å². The summed E-state index contributed by atoms with van der Waals surface area (Å²) in [7, 11) is 0. The van der Waals surface area contributed by atoms with Crippen molar-refractivity contribution in [1.29, 1.82) is 0 Å². The van der Waals surface area contributed by atoms with Crippen molar-refractivity contribution in [2.75, 3.05) is 13.1 Å². The highest BCUT2D eigenvalue weighted by Gasteiger charge is 2.56. The number of carbonyl (C=O) groups excluding carboxylic acids is 2. The molecule has 1 fully saturated rings. The highest BCUT2D eigenvalue weighted by molar-refractivity contribution is 5.82. The molecule has 5 heteroatoms. The summed E-state index contributed by atoms with van der Waals surface area (Å²) in [6.45, 7) is 10.2. The Balaban J connectivity index is 1.74. The molecule has 3 atom stereocenters. The zero-order chi connectivity index (χ0) is 23.6. The summed E-state index contributed by atoms with van der Waals surface area (Å²) >= 11 is 0. The van der Waals surface area contributed by atoms with Crippen LogP contribution in [0.1, 0.15) is 56.8 Å². The van der Waals surface area contributed by atoms with E-state index in [9.17, 15) is 9.59 Å². The Morgan fingerprint density at radius 2 is 1.73 bits per heavy atom. The van der Waals surface area contributed by atoms with Gasteiger partial charge in [-0.2, -0.15) is 0 Å². The monoisotopic (exact) mass is 447 g/mol. The highest BCUT2D eigenvalue weighted by Crippen LogP contribution is 2.53. The van der Waals surface area contributed by atoms with Gasteiger partial charge in [0.1, 0.15) is 0 Å². The molecule has 0 aromatic heterocycles. The molecular formula is C28H37N3O2. The Labute approximate surface area is 197 Å². The van der Waals surface area contributed by atoms with Crippen LogP contribution in [0.25, 0.3) is 0 Å². The van der Waals surface area contributed by atoms with Gasteiger partial charge < -0.3 is 10.6 Å². The quantitative estimate of drug-likeness (QED) is 0.701. The van der Waals surface area contributed by atoms with E-state index >= 15 is 0 Å². The van der Waals surface area contributed by atoms with Crippen LogP contribution in [0, 0.1) is 17.3 Å². The van der Waals surface area contributed by atoms with Gasteiger partial charge in [-0.1, -0.05) is 68.4 Å². The Morgan fingerprint density at radius 3 is 2.42 bits per heavy atom. The summed E-state index contributed by atoms with van der Waals surface area (Å²) in [5.74, 6) is -0.153. The Kier molecular flexibility index (Phi) is 6.89. The Bertz CT molecular complexity index is 988. The second-order valence-electron chi connectivity index (χ2n) is 10.4. The molecule has 5 nitrogen and oxygen atoms in total. The van der Waals surface area contributed by atoms with E-state index in [0.717, 1.165) is 25.9 Å². The maximum absolute atomic E-state index is 13.6. The van der Waals surface area contributed by atoms with Crippen LogP contribution in [-0.2, 0) is 22.6 Å². The number of rotatable bonds is 6. The van der Waals surface area contributed by atoms with Crippen LogP contribution >= 0.6 is 0 Å². The van der Waals surface area contributed by atoms with Crippen molar-refractivity contribution < 1.29 is 9.59 Å². The van der Waals surface area contributed by atoms with E-state index < -0.39 is 0 Å². The van der Waals surface area contributed by atoms with Crippen molar-refractivity contribution in [3.63, 3.8) is 0 Å². The molecule has 2 N–H and O–H groups in total. The molecule has 0 radical (unpaired) electrons. The summed E-state index contributed by atoms with van der Waals surface area (Å²) in [5.41, 5.74) is 3.35. The fourth-order valence-corrected chi connectivity index (χ4v) is 5.66. The van der Waals surface area contributed by atoms with E-state index in [0.29, 0.717) is 6.54 Å². The zero-order valence-corrected chi connectivity index (χ0v) is 20.3. The second-order valence-corrected chi connectivity index (χ2v) is 10.4. The van der Waals surface area contributed by atoms with Gasteiger partial charge in [-0.25, -0.2) is 0 Å². The summed E-state index contributed by atoms with van der Waals surface area (Å²) in [5, 5.41) is 6.57. The first-order valence-electron chi connectivity index (χ1n) is 12.2. The maximum Gasteiger partial charge on any atom is 0.225 e. The standard InChI is InChI=1S/C28H37N3O2/c1-19(2)26(32)30-25-23-13-9-8-12-22(23)14-15-28(25)18-31(16-21-10-6-5-7-11-21)17-24(28)27(33)29-20(3)4/h5-13,19-20,24-25H,14-18H2,1-4H3,(H,29,33)(H,30,32)/t24-,25-,28+/m0/s1. The first kappa shape index (κ1) is 23.5. The van der Waals surface area contributed by atoms with Gasteiger partial charge in [0, 0.05) is 37.0 Å². The van der Waals surface area contributed by atoms with Crippen LogP contribution in [0.15, 0.2) is 54.6 Å². The summed E-state index contributed by atoms with van der Waals surface area (Å²) in [6.07, 6.45) is 1.81. The average molecular weight is 448 g/mol. The van der Waals surface area contributed by atoms with Crippen molar-refractivity contribution in [2.45, 2.75) is 59.2 Å². The number of fused-ring (bicyclic) bond motifs is 1. The molecule has 1 saturated heterocycles. The van der Waals surface area contributed by atoms with E-state index in [1.165, 1.54) is 16.7 Å². The molecule has 1 aliphatic heterocycles. The molecule has 0 bridgehead atoms. The molecule has 4 rings (SSSR count). The molecule has 2 aliphatic rings. The van der Waals surface area contributed by atoms with Crippen LogP contribution in [0.4, 0.5) is 0 Å². The third-order valence-electron chi connectivity index (χ3n) is 7.26. The van der Waals surface area contributed by atoms with Gasteiger partial charge in [-0.3, -0.25) is 14.5 Å². The van der Waals surface area contributed by atoms with E-state index in [1.54, 1.807) is 0 Å². The number of benzene rings is 2. The molecule has 0 saturated carbocycles. The van der Waals surface area contributed by atoms with Gasteiger partial charge in [0.15, 0.2) is 0 Å². The minimum absolute atomic E-state index is 0.0422. The number of aryl methyl sites for hydroxylation is 1. The number of nitrogens with zero attached hydrogens (tertiary/aromatic N) is 1. The number of carbonyl (C=O) groups is 2. The third kappa shape index (κ3) is 4.84. The van der Waals surface area contributed by atoms with Gasteiger partial charge in [0.2, 0.25) is 11.8 Å². The fraction of sp³-hybridized carbons (Fsp3) is 0.500. The lowest BCUT2D eigenvalue weighted by Crippen LogP contribution is -2.53. The number of hydrogen-bond acceptors (Lipinski definition) is 3. The molecule has 176 valence electrons. The van der Waals surface area contributed by atoms with Crippen LogP contribution in [0.2, 0.25) is 0 Å². The van der Waals surface area contributed by atoms with Gasteiger partial charge in [-0.15, -0.1) is 0 Å². The predicted octanol–water partition coefficient (Wildman–Crippen LogP) is 4.09. The van der Waals surface area contributed by atoms with Crippen LogP contribution in [0.5, 0.6) is 0 Å². The van der Waals surface area contributed by atoms with Crippen molar-refractivity contribution in [2.24, 2.45) is 17.3 Å². The minimum Gasteiger partial charge on any atom is -0.354 e. The van der Waals surface area contributed by atoms with Crippen LogP contribution in [-0.4, -0.2) is 35.8 Å². The molecule has 2 aromatic rings. The zero-order valence-electron chi connectivity index (χ0n) is 20.3. The predicted molar refractivity (Wildman–Crippen MR) is 131 cm³/mol. The van der Waals surface area contributed by atoms with E-state index in [-0.39, 0.29) is 41.1 Å². The van der Waals surface area contributed by atoms with Crippen molar-refractivity contribution in [3.8, 4) is 0 Å².